The van der Waals surface area contributed by atoms with E-state index in [0.29, 0.717) is 18.7 Å². The van der Waals surface area contributed by atoms with Crippen molar-refractivity contribution >= 4 is 0 Å². The maximum absolute atomic E-state index is 13.5. The Labute approximate surface area is 107 Å². The fourth-order valence-corrected chi connectivity index (χ4v) is 1.89. The van der Waals surface area contributed by atoms with Crippen molar-refractivity contribution in [3.05, 3.63) is 52.6 Å². The van der Waals surface area contributed by atoms with Crippen molar-refractivity contribution in [2.45, 2.75) is 26.9 Å². The molecule has 0 bridgehead atoms. The number of halogens is 1. The standard InChI is InChI=1S/C14H18FN3/c1-10-4-5-14(15)12(6-10)7-16-8-13-9-17-18(3)11(13)2/h4-6,9,16H,7-8H2,1-3H3. The fraction of sp³-hybridized carbons (Fsp3) is 0.357. The predicted octanol–water partition coefficient (Wildman–Crippen LogP) is 2.47. The SMILES string of the molecule is Cc1ccc(F)c(CNCc2cnn(C)c2C)c1. The van der Waals surface area contributed by atoms with E-state index in [4.69, 9.17) is 0 Å². The Hall–Kier alpha value is -1.68. The molecular weight excluding hydrogens is 229 g/mol. The minimum absolute atomic E-state index is 0.156. The molecule has 1 aromatic heterocycles. The van der Waals surface area contributed by atoms with Gasteiger partial charge in [0.1, 0.15) is 5.82 Å². The molecule has 0 unspecified atom stereocenters. The zero-order chi connectivity index (χ0) is 13.1. The molecule has 2 aromatic rings. The van der Waals surface area contributed by atoms with Gasteiger partial charge >= 0.3 is 0 Å². The topological polar surface area (TPSA) is 29.9 Å². The maximum Gasteiger partial charge on any atom is 0.127 e. The molecule has 1 N–H and O–H groups in total. The van der Waals surface area contributed by atoms with E-state index in [9.17, 15) is 4.39 Å². The summed E-state index contributed by atoms with van der Waals surface area (Å²) in [6, 6.07) is 5.17. The van der Waals surface area contributed by atoms with E-state index >= 15 is 0 Å². The summed E-state index contributed by atoms with van der Waals surface area (Å²) in [5.74, 6) is -0.156. The maximum atomic E-state index is 13.5. The molecule has 0 spiro atoms. The summed E-state index contributed by atoms with van der Waals surface area (Å²) in [6.45, 7) is 5.22. The summed E-state index contributed by atoms with van der Waals surface area (Å²) < 4.78 is 15.4. The van der Waals surface area contributed by atoms with E-state index in [1.165, 1.54) is 6.07 Å². The van der Waals surface area contributed by atoms with Crippen LogP contribution in [0.15, 0.2) is 24.4 Å². The van der Waals surface area contributed by atoms with Gasteiger partial charge in [-0.15, -0.1) is 0 Å². The Morgan fingerprint density at radius 2 is 1.94 bits per heavy atom. The Bertz CT molecular complexity index is 546. The first kappa shape index (κ1) is 12.8. The van der Waals surface area contributed by atoms with Crippen LogP contribution in [0.4, 0.5) is 4.39 Å². The molecule has 2 rings (SSSR count). The highest BCUT2D eigenvalue weighted by Crippen LogP contribution is 2.10. The molecule has 96 valence electrons. The van der Waals surface area contributed by atoms with Gasteiger partial charge in [-0.25, -0.2) is 4.39 Å². The van der Waals surface area contributed by atoms with Crippen molar-refractivity contribution in [2.75, 3.05) is 0 Å². The van der Waals surface area contributed by atoms with Gasteiger partial charge in [-0.2, -0.15) is 5.10 Å². The molecule has 0 atom stereocenters. The summed E-state index contributed by atoms with van der Waals surface area (Å²) >= 11 is 0. The van der Waals surface area contributed by atoms with Crippen LogP contribution in [0.2, 0.25) is 0 Å². The summed E-state index contributed by atoms with van der Waals surface area (Å²) in [6.07, 6.45) is 1.84. The van der Waals surface area contributed by atoms with Crippen LogP contribution >= 0.6 is 0 Å². The first-order valence-corrected chi connectivity index (χ1v) is 6.01. The minimum atomic E-state index is -0.156. The summed E-state index contributed by atoms with van der Waals surface area (Å²) in [5, 5.41) is 7.42. The molecular formula is C14H18FN3. The number of benzene rings is 1. The van der Waals surface area contributed by atoms with Gasteiger partial charge < -0.3 is 5.32 Å². The van der Waals surface area contributed by atoms with Crippen LogP contribution in [0, 0.1) is 19.7 Å². The normalized spacial score (nSPS) is 10.9. The molecule has 18 heavy (non-hydrogen) atoms. The predicted molar refractivity (Wildman–Crippen MR) is 69.6 cm³/mol. The average Bonchev–Trinajstić information content (AvgIpc) is 2.65. The van der Waals surface area contributed by atoms with Crippen LogP contribution in [-0.4, -0.2) is 9.78 Å². The Balaban J connectivity index is 1.96. The molecule has 0 fully saturated rings. The highest BCUT2D eigenvalue weighted by Gasteiger charge is 2.05. The molecule has 0 radical (unpaired) electrons. The Morgan fingerprint density at radius 3 is 2.61 bits per heavy atom. The first-order chi connectivity index (χ1) is 8.58. The van der Waals surface area contributed by atoms with E-state index in [-0.39, 0.29) is 5.82 Å². The third kappa shape index (κ3) is 2.76. The first-order valence-electron chi connectivity index (χ1n) is 6.01. The lowest BCUT2D eigenvalue weighted by atomic mass is 10.1. The van der Waals surface area contributed by atoms with E-state index in [1.54, 1.807) is 6.07 Å². The van der Waals surface area contributed by atoms with E-state index in [1.807, 2.05) is 37.8 Å². The van der Waals surface area contributed by atoms with Crippen molar-refractivity contribution in [1.82, 2.24) is 15.1 Å². The number of nitrogens with one attached hydrogen (secondary N) is 1. The second-order valence-electron chi connectivity index (χ2n) is 4.58. The highest BCUT2D eigenvalue weighted by molar-refractivity contribution is 5.24. The lowest BCUT2D eigenvalue weighted by molar-refractivity contribution is 0.586. The molecule has 0 aliphatic rings. The monoisotopic (exact) mass is 247 g/mol. The second-order valence-corrected chi connectivity index (χ2v) is 4.58. The largest absolute Gasteiger partial charge is 0.308 e. The number of rotatable bonds is 4. The molecule has 0 saturated heterocycles. The molecule has 0 aliphatic carbocycles. The van der Waals surface area contributed by atoms with Gasteiger partial charge in [0.05, 0.1) is 6.20 Å². The van der Waals surface area contributed by atoms with Crippen LogP contribution < -0.4 is 5.32 Å². The van der Waals surface area contributed by atoms with Crippen molar-refractivity contribution in [1.29, 1.82) is 0 Å². The number of hydrogen-bond donors (Lipinski definition) is 1. The van der Waals surface area contributed by atoms with E-state index in [2.05, 4.69) is 10.4 Å². The van der Waals surface area contributed by atoms with Crippen molar-refractivity contribution in [3.8, 4) is 0 Å². The average molecular weight is 247 g/mol. The molecule has 1 aromatic carbocycles. The molecule has 3 nitrogen and oxygen atoms in total. The lowest BCUT2D eigenvalue weighted by Gasteiger charge is -2.07. The number of hydrogen-bond acceptors (Lipinski definition) is 2. The molecule has 1 heterocycles. The molecule has 0 aliphatic heterocycles. The van der Waals surface area contributed by atoms with E-state index < -0.39 is 0 Å². The lowest BCUT2D eigenvalue weighted by Crippen LogP contribution is -2.14. The van der Waals surface area contributed by atoms with Gasteiger partial charge in [0, 0.05) is 37.0 Å². The third-order valence-electron chi connectivity index (χ3n) is 3.17. The fourth-order valence-electron chi connectivity index (χ4n) is 1.89. The Morgan fingerprint density at radius 1 is 1.22 bits per heavy atom. The zero-order valence-corrected chi connectivity index (χ0v) is 11.0. The van der Waals surface area contributed by atoms with Crippen molar-refractivity contribution in [3.63, 3.8) is 0 Å². The number of nitrogens with zero attached hydrogens (tertiary/aromatic N) is 2. The van der Waals surface area contributed by atoms with Gasteiger partial charge in [0.25, 0.3) is 0 Å². The van der Waals surface area contributed by atoms with Crippen molar-refractivity contribution < 1.29 is 4.39 Å². The van der Waals surface area contributed by atoms with Gasteiger partial charge in [-0.1, -0.05) is 17.7 Å². The summed E-state index contributed by atoms with van der Waals surface area (Å²) in [5.41, 5.74) is 4.06. The second kappa shape index (κ2) is 5.31. The zero-order valence-electron chi connectivity index (χ0n) is 11.0. The van der Waals surface area contributed by atoms with Gasteiger partial charge in [0.15, 0.2) is 0 Å². The quantitative estimate of drug-likeness (QED) is 0.899. The van der Waals surface area contributed by atoms with E-state index in [0.717, 1.165) is 16.8 Å². The van der Waals surface area contributed by atoms with Crippen LogP contribution in [0.25, 0.3) is 0 Å². The third-order valence-corrected chi connectivity index (χ3v) is 3.17. The summed E-state index contributed by atoms with van der Waals surface area (Å²) in [4.78, 5) is 0. The molecule has 0 amide bonds. The van der Waals surface area contributed by atoms with Crippen LogP contribution in [0.5, 0.6) is 0 Å². The molecule has 0 saturated carbocycles. The Kier molecular flexibility index (Phi) is 3.77. The summed E-state index contributed by atoms with van der Waals surface area (Å²) in [7, 11) is 1.92. The van der Waals surface area contributed by atoms with Gasteiger partial charge in [-0.05, 0) is 19.9 Å². The van der Waals surface area contributed by atoms with Crippen LogP contribution in [-0.2, 0) is 20.1 Å². The number of aryl methyl sites for hydroxylation is 2. The highest BCUT2D eigenvalue weighted by atomic mass is 19.1. The smallest absolute Gasteiger partial charge is 0.127 e. The minimum Gasteiger partial charge on any atom is -0.308 e. The van der Waals surface area contributed by atoms with Crippen LogP contribution in [0.3, 0.4) is 0 Å². The van der Waals surface area contributed by atoms with Crippen molar-refractivity contribution in [2.24, 2.45) is 7.05 Å². The van der Waals surface area contributed by atoms with Crippen LogP contribution in [0.1, 0.15) is 22.4 Å². The van der Waals surface area contributed by atoms with Gasteiger partial charge in [-0.3, -0.25) is 4.68 Å². The van der Waals surface area contributed by atoms with Gasteiger partial charge in [0.2, 0.25) is 0 Å². The number of aromatic nitrogens is 2. The molecule has 4 heteroatoms.